The highest BCUT2D eigenvalue weighted by molar-refractivity contribution is 5.85. The highest BCUT2D eigenvalue weighted by Gasteiger charge is 2.07. The molecule has 0 aliphatic carbocycles. The Hall–Kier alpha value is -0.710. The minimum Gasteiger partial charge on any atom is -0.491 e. The molecule has 0 aliphatic rings. The maximum absolute atomic E-state index is 12.8. The van der Waals surface area contributed by atoms with Gasteiger partial charge in [-0.2, -0.15) is 0 Å². The van der Waals surface area contributed by atoms with Crippen molar-refractivity contribution in [2.24, 2.45) is 0 Å². The molecule has 0 saturated heterocycles. The molecule has 0 spiro atoms. The zero-order valence-corrected chi connectivity index (χ0v) is 13.2. The van der Waals surface area contributed by atoms with Crippen LogP contribution in [0, 0.1) is 5.82 Å². The summed E-state index contributed by atoms with van der Waals surface area (Å²) in [5.41, 5.74) is 6.09. The fraction of sp³-hybridized carbons (Fsp3) is 0.538. The molecule has 112 valence electrons. The summed E-state index contributed by atoms with van der Waals surface area (Å²) in [6.45, 7) is 7.80. The maximum atomic E-state index is 12.8. The van der Waals surface area contributed by atoms with Gasteiger partial charge in [0.2, 0.25) is 0 Å². The fourth-order valence-electron chi connectivity index (χ4n) is 1.37. The van der Waals surface area contributed by atoms with Crippen LogP contribution in [0.3, 0.4) is 0 Å². The molecule has 0 bridgehead atoms. The van der Waals surface area contributed by atoms with Crippen molar-refractivity contribution in [1.82, 2.24) is 5.32 Å². The van der Waals surface area contributed by atoms with Crippen molar-refractivity contribution >= 4 is 30.5 Å². The Morgan fingerprint density at radius 3 is 2.42 bits per heavy atom. The number of rotatable bonds is 5. The Labute approximate surface area is 126 Å². The van der Waals surface area contributed by atoms with Crippen LogP contribution in [0.4, 0.5) is 10.1 Å². The normalized spacial score (nSPS) is 10.3. The summed E-state index contributed by atoms with van der Waals surface area (Å²) in [5, 5.41) is 3.36. The third-order valence-electron chi connectivity index (χ3n) is 2.21. The van der Waals surface area contributed by atoms with Gasteiger partial charge in [0, 0.05) is 11.6 Å². The van der Waals surface area contributed by atoms with Crippen LogP contribution >= 0.6 is 24.8 Å². The quantitative estimate of drug-likeness (QED) is 0.647. The molecule has 0 unspecified atom stereocenters. The first-order valence-corrected chi connectivity index (χ1v) is 5.81. The highest BCUT2D eigenvalue weighted by Crippen LogP contribution is 2.21. The molecule has 1 aromatic carbocycles. The second kappa shape index (κ2) is 9.23. The van der Waals surface area contributed by atoms with Crippen LogP contribution in [0.2, 0.25) is 0 Å². The number of nitrogen functional groups attached to an aromatic ring is 1. The summed E-state index contributed by atoms with van der Waals surface area (Å²) >= 11 is 0. The number of anilines is 1. The van der Waals surface area contributed by atoms with Crippen molar-refractivity contribution in [3.63, 3.8) is 0 Å². The summed E-state index contributed by atoms with van der Waals surface area (Å²) in [4.78, 5) is 0. The Morgan fingerprint density at radius 2 is 1.89 bits per heavy atom. The average molecular weight is 313 g/mol. The predicted octanol–water partition coefficient (Wildman–Crippen LogP) is 3.41. The van der Waals surface area contributed by atoms with Crippen LogP contribution in [0.1, 0.15) is 27.2 Å². The largest absolute Gasteiger partial charge is 0.491 e. The van der Waals surface area contributed by atoms with Gasteiger partial charge in [0.15, 0.2) is 0 Å². The van der Waals surface area contributed by atoms with E-state index >= 15 is 0 Å². The highest BCUT2D eigenvalue weighted by atomic mass is 35.5. The number of hydrogen-bond acceptors (Lipinski definition) is 3. The van der Waals surface area contributed by atoms with Crippen LogP contribution in [0.25, 0.3) is 0 Å². The number of nitrogens with one attached hydrogen (secondary N) is 1. The number of benzene rings is 1. The van der Waals surface area contributed by atoms with Gasteiger partial charge in [-0.05, 0) is 45.9 Å². The summed E-state index contributed by atoms with van der Waals surface area (Å²) in [6.07, 6.45) is 0.883. The van der Waals surface area contributed by atoms with Crippen LogP contribution < -0.4 is 15.8 Å². The Bertz CT molecular complexity index is 370. The van der Waals surface area contributed by atoms with E-state index < -0.39 is 0 Å². The van der Waals surface area contributed by atoms with E-state index in [0.29, 0.717) is 18.0 Å². The molecule has 0 aromatic heterocycles. The van der Waals surface area contributed by atoms with E-state index in [1.165, 1.54) is 12.1 Å². The summed E-state index contributed by atoms with van der Waals surface area (Å²) in [5.74, 6) is 0.200. The molecule has 6 heteroatoms. The van der Waals surface area contributed by atoms with E-state index in [1.807, 2.05) is 0 Å². The molecule has 0 amide bonds. The summed E-state index contributed by atoms with van der Waals surface area (Å²) in [6, 6.07) is 4.17. The Balaban J connectivity index is 0. The lowest BCUT2D eigenvalue weighted by Gasteiger charge is -2.20. The van der Waals surface area contributed by atoms with E-state index in [4.69, 9.17) is 10.5 Å². The molecule has 1 aromatic rings. The van der Waals surface area contributed by atoms with Crippen molar-refractivity contribution in [3.05, 3.63) is 24.0 Å². The molecule has 0 fully saturated rings. The minimum absolute atomic E-state index is 0. The molecule has 3 N–H and O–H groups in total. The molecule has 0 atom stereocenters. The van der Waals surface area contributed by atoms with E-state index in [2.05, 4.69) is 26.1 Å². The zero-order valence-electron chi connectivity index (χ0n) is 11.5. The molecule has 0 heterocycles. The van der Waals surface area contributed by atoms with E-state index in [9.17, 15) is 4.39 Å². The van der Waals surface area contributed by atoms with Crippen molar-refractivity contribution in [2.45, 2.75) is 32.7 Å². The van der Waals surface area contributed by atoms with Crippen molar-refractivity contribution < 1.29 is 9.13 Å². The number of halogens is 3. The smallest absolute Gasteiger partial charge is 0.142 e. The first-order valence-electron chi connectivity index (χ1n) is 5.81. The maximum Gasteiger partial charge on any atom is 0.142 e. The number of ether oxygens (including phenoxy) is 1. The molecule has 3 nitrogen and oxygen atoms in total. The minimum atomic E-state index is -0.343. The molecular weight excluding hydrogens is 290 g/mol. The second-order valence-corrected chi connectivity index (χ2v) is 5.06. The van der Waals surface area contributed by atoms with Gasteiger partial charge in [0.05, 0.1) is 12.3 Å². The Kier molecular flexibility index (Phi) is 10.0. The third-order valence-corrected chi connectivity index (χ3v) is 2.21. The van der Waals surface area contributed by atoms with Gasteiger partial charge < -0.3 is 15.8 Å². The monoisotopic (exact) mass is 312 g/mol. The molecule has 0 saturated carbocycles. The van der Waals surface area contributed by atoms with Gasteiger partial charge in [0.1, 0.15) is 11.6 Å². The lowest BCUT2D eigenvalue weighted by molar-refractivity contribution is 0.299. The van der Waals surface area contributed by atoms with Crippen LogP contribution in [-0.4, -0.2) is 18.7 Å². The second-order valence-electron chi connectivity index (χ2n) is 5.06. The number of nitrogens with two attached hydrogens (primary N) is 1. The Morgan fingerprint density at radius 1 is 1.26 bits per heavy atom. The zero-order chi connectivity index (χ0) is 12.9. The molecule has 0 aliphatic heterocycles. The third kappa shape index (κ3) is 8.92. The van der Waals surface area contributed by atoms with Crippen LogP contribution in [-0.2, 0) is 0 Å². The molecule has 1 rings (SSSR count). The molecule has 0 radical (unpaired) electrons. The SMILES string of the molecule is CC(C)(C)NCCCOc1ccc(F)cc1N.Cl.Cl. The topological polar surface area (TPSA) is 47.3 Å². The van der Waals surface area contributed by atoms with E-state index in [0.717, 1.165) is 13.0 Å². The van der Waals surface area contributed by atoms with E-state index in [-0.39, 0.29) is 36.2 Å². The lowest BCUT2D eigenvalue weighted by atomic mass is 10.1. The van der Waals surface area contributed by atoms with Gasteiger partial charge in [-0.15, -0.1) is 24.8 Å². The van der Waals surface area contributed by atoms with E-state index in [1.54, 1.807) is 6.07 Å². The standard InChI is InChI=1S/C13H21FN2O.2ClH/c1-13(2,3)16-7-4-8-17-12-6-5-10(14)9-11(12)15;;/h5-6,9,16H,4,7-8,15H2,1-3H3;2*1H. The predicted molar refractivity (Wildman–Crippen MR) is 83.2 cm³/mol. The lowest BCUT2D eigenvalue weighted by Crippen LogP contribution is -2.36. The first kappa shape index (κ1) is 20.6. The van der Waals surface area contributed by atoms with Crippen molar-refractivity contribution in [3.8, 4) is 5.75 Å². The van der Waals surface area contributed by atoms with Gasteiger partial charge >= 0.3 is 0 Å². The fourth-order valence-corrected chi connectivity index (χ4v) is 1.37. The number of hydrogen-bond donors (Lipinski definition) is 2. The van der Waals surface area contributed by atoms with Gasteiger partial charge in [-0.25, -0.2) is 4.39 Å². The average Bonchev–Trinajstić information content (AvgIpc) is 2.18. The van der Waals surface area contributed by atoms with Gasteiger partial charge in [0.25, 0.3) is 0 Å². The van der Waals surface area contributed by atoms with Crippen LogP contribution in [0.5, 0.6) is 5.75 Å². The molecular formula is C13H23Cl2FN2O. The first-order chi connectivity index (χ1) is 7.88. The molecule has 19 heavy (non-hydrogen) atoms. The van der Waals surface area contributed by atoms with Gasteiger partial charge in [-0.1, -0.05) is 0 Å². The summed E-state index contributed by atoms with van der Waals surface area (Å²) in [7, 11) is 0. The van der Waals surface area contributed by atoms with Gasteiger partial charge in [-0.3, -0.25) is 0 Å². The summed E-state index contributed by atoms with van der Waals surface area (Å²) < 4.78 is 18.3. The van der Waals surface area contributed by atoms with Crippen LogP contribution in [0.15, 0.2) is 18.2 Å². The van der Waals surface area contributed by atoms with Crippen molar-refractivity contribution in [2.75, 3.05) is 18.9 Å². The van der Waals surface area contributed by atoms with Crippen molar-refractivity contribution in [1.29, 1.82) is 0 Å².